The Morgan fingerprint density at radius 1 is 0.444 bits per heavy atom. The predicted octanol–water partition coefficient (Wildman–Crippen LogP) is 5.36. The van der Waals surface area contributed by atoms with Crippen LogP contribution >= 0.6 is 0 Å². The van der Waals surface area contributed by atoms with Gasteiger partial charge in [-0.1, -0.05) is 0 Å². The van der Waals surface area contributed by atoms with Gasteiger partial charge in [0.25, 0.3) is 0 Å². The maximum absolute atomic E-state index is 13.8. The lowest BCUT2D eigenvalue weighted by Gasteiger charge is -2.25. The lowest BCUT2D eigenvalue weighted by molar-refractivity contribution is -0.239. The van der Waals surface area contributed by atoms with Crippen LogP contribution in [0.15, 0.2) is 0 Å². The van der Waals surface area contributed by atoms with Crippen molar-refractivity contribution in [3.63, 3.8) is 0 Å². The summed E-state index contributed by atoms with van der Waals surface area (Å²) < 4.78 is 194. The third-order valence-corrected chi connectivity index (χ3v) is 4.13. The van der Waals surface area contributed by atoms with Gasteiger partial charge in [-0.2, -0.15) is 17.6 Å². The summed E-state index contributed by atoms with van der Waals surface area (Å²) in [4.78, 5) is 23.0. The highest BCUT2D eigenvalue weighted by Gasteiger charge is 2.58. The summed E-state index contributed by atoms with van der Waals surface area (Å²) in [6, 6.07) is 0. The third kappa shape index (κ3) is 4.88. The quantitative estimate of drug-likeness (QED) is 0.202. The van der Waals surface area contributed by atoms with Gasteiger partial charge in [-0.3, -0.25) is 0 Å². The summed E-state index contributed by atoms with van der Waals surface area (Å²) >= 11 is 0. The van der Waals surface area contributed by atoms with Crippen LogP contribution in [0.2, 0.25) is 0 Å². The number of halogens is 14. The van der Waals surface area contributed by atoms with Crippen LogP contribution in [0.1, 0.15) is 20.7 Å². The molecule has 2 aromatic carbocycles. The van der Waals surface area contributed by atoms with Crippen LogP contribution in [0.5, 0.6) is 0 Å². The normalized spacial score (nSPS) is 12.1. The van der Waals surface area contributed by atoms with Crippen molar-refractivity contribution in [3.8, 4) is 0 Å². The van der Waals surface area contributed by atoms with E-state index >= 15 is 0 Å². The molecule has 2 rings (SSSR count). The minimum absolute atomic E-state index is 2.43. The number of esters is 2. The molecule has 198 valence electrons. The molecule has 2 aromatic rings. The standard InChI is InChI=1S/C18H4F14O4/c19-5-3(6(20)10(24)13(27)9(5)23)15(33)35-1-17(29,30)18(31,32)2-36-16(34)4-7(21)11(25)14(28)12(26)8(4)22/h1-2H2. The number of rotatable bonds is 7. The summed E-state index contributed by atoms with van der Waals surface area (Å²) in [6.45, 7) is -5.70. The van der Waals surface area contributed by atoms with Crippen molar-refractivity contribution in [1.82, 2.24) is 0 Å². The van der Waals surface area contributed by atoms with Gasteiger partial charge in [-0.05, 0) is 0 Å². The molecule has 0 heterocycles. The van der Waals surface area contributed by atoms with Crippen LogP contribution in [0.4, 0.5) is 61.5 Å². The molecule has 0 unspecified atom stereocenters. The van der Waals surface area contributed by atoms with Crippen molar-refractivity contribution in [2.75, 3.05) is 13.2 Å². The molecule has 36 heavy (non-hydrogen) atoms. The first kappa shape index (κ1) is 28.6. The molecule has 0 atom stereocenters. The Kier molecular flexibility index (Phi) is 7.80. The average molecular weight is 550 g/mol. The van der Waals surface area contributed by atoms with Crippen LogP contribution in [-0.2, 0) is 9.47 Å². The summed E-state index contributed by atoms with van der Waals surface area (Å²) in [7, 11) is 0. The van der Waals surface area contributed by atoms with Gasteiger partial charge in [0.05, 0.1) is 0 Å². The zero-order valence-corrected chi connectivity index (χ0v) is 16.3. The molecule has 0 N–H and O–H groups in total. The fourth-order valence-electron chi connectivity index (χ4n) is 2.24. The van der Waals surface area contributed by atoms with E-state index in [1.54, 1.807) is 0 Å². The van der Waals surface area contributed by atoms with E-state index in [0.29, 0.717) is 0 Å². The molecule has 0 aliphatic carbocycles. The topological polar surface area (TPSA) is 52.6 Å². The van der Waals surface area contributed by atoms with E-state index in [4.69, 9.17) is 0 Å². The van der Waals surface area contributed by atoms with Gasteiger partial charge in [0, 0.05) is 0 Å². The highest BCUT2D eigenvalue weighted by Crippen LogP contribution is 2.36. The fraction of sp³-hybridized carbons (Fsp3) is 0.222. The molecule has 0 aliphatic heterocycles. The average Bonchev–Trinajstić information content (AvgIpc) is 2.81. The summed E-state index contributed by atoms with van der Waals surface area (Å²) in [5.41, 5.74) is -4.86. The second-order valence-electron chi connectivity index (χ2n) is 6.45. The Morgan fingerprint density at radius 3 is 0.861 bits per heavy atom. The van der Waals surface area contributed by atoms with E-state index in [0.717, 1.165) is 0 Å². The maximum atomic E-state index is 13.8. The first-order chi connectivity index (χ1) is 16.4. The third-order valence-electron chi connectivity index (χ3n) is 4.13. The summed E-state index contributed by atoms with van der Waals surface area (Å²) in [5.74, 6) is -44.6. The minimum Gasteiger partial charge on any atom is -0.455 e. The van der Waals surface area contributed by atoms with Crippen molar-refractivity contribution in [1.29, 1.82) is 0 Å². The number of benzene rings is 2. The second kappa shape index (κ2) is 9.81. The lowest BCUT2D eigenvalue weighted by atomic mass is 10.1. The molecule has 0 saturated carbocycles. The molecule has 4 nitrogen and oxygen atoms in total. The first-order valence-electron chi connectivity index (χ1n) is 8.50. The molecular formula is C18H4F14O4. The van der Waals surface area contributed by atoms with E-state index in [1.165, 1.54) is 0 Å². The SMILES string of the molecule is O=C(OCC(F)(F)C(F)(F)COC(=O)c1c(F)c(F)c(F)c(F)c1F)c1c(F)c(F)c(F)c(F)c1F. The number of hydrogen-bond donors (Lipinski definition) is 0. The van der Waals surface area contributed by atoms with Crippen molar-refractivity contribution < 1.29 is 80.5 Å². The zero-order valence-electron chi connectivity index (χ0n) is 16.3. The van der Waals surface area contributed by atoms with Crippen molar-refractivity contribution in [3.05, 3.63) is 69.3 Å². The molecule has 18 heteroatoms. The van der Waals surface area contributed by atoms with Crippen LogP contribution in [-0.4, -0.2) is 37.0 Å². The maximum Gasteiger partial charge on any atom is 0.346 e. The van der Waals surface area contributed by atoms with Crippen LogP contribution < -0.4 is 0 Å². The summed E-state index contributed by atoms with van der Waals surface area (Å²) in [5, 5.41) is 0. The van der Waals surface area contributed by atoms with Crippen molar-refractivity contribution >= 4 is 11.9 Å². The highest BCUT2D eigenvalue weighted by molar-refractivity contribution is 5.90. The molecule has 0 saturated heterocycles. The molecular weight excluding hydrogens is 546 g/mol. The van der Waals surface area contributed by atoms with Gasteiger partial charge in [0.2, 0.25) is 11.6 Å². The molecule has 0 radical (unpaired) electrons. The summed E-state index contributed by atoms with van der Waals surface area (Å²) in [6.07, 6.45) is 0. The van der Waals surface area contributed by atoms with E-state index in [1.807, 2.05) is 0 Å². The van der Waals surface area contributed by atoms with Crippen molar-refractivity contribution in [2.24, 2.45) is 0 Å². The Balaban J connectivity index is 2.19. The number of hydrogen-bond acceptors (Lipinski definition) is 4. The smallest absolute Gasteiger partial charge is 0.346 e. The largest absolute Gasteiger partial charge is 0.455 e. The number of carbonyl (C=O) groups is 2. The Labute approximate surface area is 188 Å². The second-order valence-corrected chi connectivity index (χ2v) is 6.45. The van der Waals surface area contributed by atoms with Gasteiger partial charge in [-0.25, -0.2) is 53.5 Å². The molecule has 0 bridgehead atoms. The van der Waals surface area contributed by atoms with Gasteiger partial charge >= 0.3 is 23.8 Å². The van der Waals surface area contributed by atoms with Gasteiger partial charge in [-0.15, -0.1) is 0 Å². The monoisotopic (exact) mass is 550 g/mol. The number of alkyl halides is 4. The number of carbonyl (C=O) groups excluding carboxylic acids is 2. The Hall–Kier alpha value is -3.60. The van der Waals surface area contributed by atoms with Crippen LogP contribution in [0.3, 0.4) is 0 Å². The molecule has 0 aromatic heterocycles. The Bertz CT molecular complexity index is 1090. The fourth-order valence-corrected chi connectivity index (χ4v) is 2.24. The molecule has 0 amide bonds. The lowest BCUT2D eigenvalue weighted by Crippen LogP contribution is -2.48. The highest BCUT2D eigenvalue weighted by atomic mass is 19.3. The van der Waals surface area contributed by atoms with Crippen LogP contribution in [0.25, 0.3) is 0 Å². The Morgan fingerprint density at radius 2 is 0.639 bits per heavy atom. The number of ether oxygens (including phenoxy) is 2. The van der Waals surface area contributed by atoms with Gasteiger partial charge in [0.1, 0.15) is 11.1 Å². The van der Waals surface area contributed by atoms with Crippen LogP contribution in [0, 0.1) is 58.2 Å². The van der Waals surface area contributed by atoms with E-state index in [-0.39, 0.29) is 0 Å². The molecule has 0 aliphatic rings. The first-order valence-corrected chi connectivity index (χ1v) is 8.50. The molecule has 0 spiro atoms. The zero-order chi connectivity index (χ0) is 27.9. The predicted molar refractivity (Wildman–Crippen MR) is 82.9 cm³/mol. The van der Waals surface area contributed by atoms with E-state index < -0.39 is 106 Å². The van der Waals surface area contributed by atoms with Crippen molar-refractivity contribution in [2.45, 2.75) is 11.8 Å². The molecule has 0 fully saturated rings. The van der Waals surface area contributed by atoms with E-state index in [2.05, 4.69) is 9.47 Å². The van der Waals surface area contributed by atoms with Gasteiger partial charge < -0.3 is 9.47 Å². The van der Waals surface area contributed by atoms with E-state index in [9.17, 15) is 71.1 Å². The van der Waals surface area contributed by atoms with Gasteiger partial charge in [0.15, 0.2) is 59.8 Å². The minimum atomic E-state index is -5.66.